The Morgan fingerprint density at radius 3 is 2.61 bits per heavy atom. The molecule has 2 unspecified atom stereocenters. The van der Waals surface area contributed by atoms with E-state index in [0.29, 0.717) is 18.3 Å². The van der Waals surface area contributed by atoms with E-state index < -0.39 is 11.7 Å². The summed E-state index contributed by atoms with van der Waals surface area (Å²) in [5.74, 6) is 0.828. The Labute approximate surface area is 109 Å². The van der Waals surface area contributed by atoms with Crippen LogP contribution in [-0.4, -0.2) is 16.9 Å². The van der Waals surface area contributed by atoms with Gasteiger partial charge in [0.2, 0.25) is 0 Å². The van der Waals surface area contributed by atoms with Gasteiger partial charge in [0, 0.05) is 18.1 Å². The molecular weight excluding hydrogens is 265 g/mol. The van der Waals surface area contributed by atoms with Crippen LogP contribution in [0, 0.1) is 5.92 Å². The van der Waals surface area contributed by atoms with Crippen molar-refractivity contribution in [1.29, 1.82) is 0 Å². The lowest BCUT2D eigenvalue weighted by Gasteiger charge is -2.15. The quantitative estimate of drug-likeness (QED) is 0.848. The summed E-state index contributed by atoms with van der Waals surface area (Å²) in [5.41, 5.74) is -0.732. The number of aromatic nitrogens is 1. The normalized spacial score (nSPS) is 24.2. The first kappa shape index (κ1) is 13.5. The van der Waals surface area contributed by atoms with E-state index >= 15 is 0 Å². The van der Waals surface area contributed by atoms with Crippen LogP contribution in [-0.2, 0) is 6.18 Å². The summed E-state index contributed by atoms with van der Waals surface area (Å²) < 4.78 is 37.0. The Hall–Kier alpha value is -0.970. The largest absolute Gasteiger partial charge is 0.417 e. The molecule has 0 radical (unpaired) electrons. The van der Waals surface area contributed by atoms with Gasteiger partial charge >= 0.3 is 6.18 Å². The molecule has 1 N–H and O–H groups in total. The fourth-order valence-corrected chi connectivity index (χ4v) is 2.49. The van der Waals surface area contributed by atoms with E-state index in [-0.39, 0.29) is 5.38 Å². The zero-order valence-electron chi connectivity index (χ0n) is 9.67. The van der Waals surface area contributed by atoms with Crippen molar-refractivity contribution in [3.05, 3.63) is 23.9 Å². The van der Waals surface area contributed by atoms with E-state index in [1.807, 2.05) is 0 Å². The lowest BCUT2D eigenvalue weighted by atomic mass is 10.1. The molecule has 1 aliphatic rings. The van der Waals surface area contributed by atoms with Gasteiger partial charge in [-0.15, -0.1) is 11.6 Å². The number of halogens is 4. The lowest BCUT2D eigenvalue weighted by Crippen LogP contribution is -2.19. The molecule has 1 aromatic rings. The van der Waals surface area contributed by atoms with Crippen LogP contribution < -0.4 is 5.32 Å². The molecule has 0 saturated heterocycles. The number of rotatable bonds is 3. The second kappa shape index (κ2) is 5.34. The highest BCUT2D eigenvalue weighted by atomic mass is 35.5. The van der Waals surface area contributed by atoms with Crippen LogP contribution in [0.5, 0.6) is 0 Å². The Morgan fingerprint density at radius 2 is 2.11 bits per heavy atom. The summed E-state index contributed by atoms with van der Waals surface area (Å²) in [5, 5.41) is 3.19. The van der Waals surface area contributed by atoms with Crippen LogP contribution in [0.1, 0.15) is 24.8 Å². The number of anilines is 1. The highest BCUT2D eigenvalue weighted by molar-refractivity contribution is 6.20. The molecule has 100 valence electrons. The van der Waals surface area contributed by atoms with E-state index in [9.17, 15) is 13.2 Å². The molecule has 2 rings (SSSR count). The Balaban J connectivity index is 1.90. The number of nitrogens with zero attached hydrogens (tertiary/aromatic N) is 1. The topological polar surface area (TPSA) is 24.9 Å². The van der Waals surface area contributed by atoms with Gasteiger partial charge in [0.1, 0.15) is 5.82 Å². The minimum absolute atomic E-state index is 0.159. The highest BCUT2D eigenvalue weighted by Gasteiger charge is 2.30. The monoisotopic (exact) mass is 278 g/mol. The van der Waals surface area contributed by atoms with E-state index in [2.05, 4.69) is 10.3 Å². The van der Waals surface area contributed by atoms with Gasteiger partial charge in [-0.25, -0.2) is 4.98 Å². The predicted molar refractivity (Wildman–Crippen MR) is 64.7 cm³/mol. The number of hydrogen-bond acceptors (Lipinski definition) is 2. The second-order valence-electron chi connectivity index (χ2n) is 4.52. The first-order valence-electron chi connectivity index (χ1n) is 5.88. The molecule has 0 aromatic carbocycles. The van der Waals surface area contributed by atoms with E-state index in [4.69, 9.17) is 11.6 Å². The molecule has 2 nitrogen and oxygen atoms in total. The molecule has 6 heteroatoms. The van der Waals surface area contributed by atoms with Crippen molar-refractivity contribution >= 4 is 17.4 Å². The zero-order valence-corrected chi connectivity index (χ0v) is 10.4. The molecule has 0 bridgehead atoms. The minimum Gasteiger partial charge on any atom is -0.370 e. The minimum atomic E-state index is -4.34. The van der Waals surface area contributed by atoms with Crippen LogP contribution in [0.4, 0.5) is 19.0 Å². The predicted octanol–water partition coefficient (Wildman–Crippen LogP) is 3.92. The number of hydrogen-bond donors (Lipinski definition) is 1. The fraction of sp³-hybridized carbons (Fsp3) is 0.583. The maximum absolute atomic E-state index is 12.3. The first-order chi connectivity index (χ1) is 8.47. The fourth-order valence-electron chi connectivity index (χ4n) is 2.12. The number of nitrogens with one attached hydrogen (secondary N) is 1. The van der Waals surface area contributed by atoms with Crippen LogP contribution in [0.25, 0.3) is 0 Å². The molecule has 0 amide bonds. The Morgan fingerprint density at radius 1 is 1.33 bits per heavy atom. The summed E-state index contributed by atoms with van der Waals surface area (Å²) in [6.07, 6.45) is -0.315. The molecule has 1 aliphatic carbocycles. The maximum Gasteiger partial charge on any atom is 0.417 e. The second-order valence-corrected chi connectivity index (χ2v) is 5.08. The molecule has 0 spiro atoms. The van der Waals surface area contributed by atoms with Crippen molar-refractivity contribution in [3.63, 3.8) is 0 Å². The molecule has 1 aromatic heterocycles. The molecule has 0 aliphatic heterocycles. The summed E-state index contributed by atoms with van der Waals surface area (Å²) in [6, 6.07) is 2.38. The number of pyridine rings is 1. The molecule has 18 heavy (non-hydrogen) atoms. The van der Waals surface area contributed by atoms with Crippen LogP contribution >= 0.6 is 11.6 Å². The van der Waals surface area contributed by atoms with Crippen molar-refractivity contribution in [2.45, 2.75) is 30.8 Å². The standard InChI is InChI=1S/C12H14ClF3N2/c13-10-3-1-2-8(10)6-17-11-5-4-9(7-18-11)12(14,15)16/h4-5,7-8,10H,1-3,6H2,(H,17,18). The molecule has 1 heterocycles. The molecule has 1 fully saturated rings. The van der Waals surface area contributed by atoms with E-state index in [0.717, 1.165) is 31.5 Å². The van der Waals surface area contributed by atoms with Gasteiger partial charge in [0.15, 0.2) is 0 Å². The van der Waals surface area contributed by atoms with Crippen molar-refractivity contribution in [2.24, 2.45) is 5.92 Å². The summed E-state index contributed by atoms with van der Waals surface area (Å²) >= 11 is 6.12. The average molecular weight is 279 g/mol. The summed E-state index contributed by atoms with van der Waals surface area (Å²) in [6.45, 7) is 0.659. The third kappa shape index (κ3) is 3.28. The highest BCUT2D eigenvalue weighted by Crippen LogP contribution is 2.31. The Kier molecular flexibility index (Phi) is 4.00. The average Bonchev–Trinajstić information content (AvgIpc) is 2.72. The van der Waals surface area contributed by atoms with E-state index in [1.54, 1.807) is 0 Å². The lowest BCUT2D eigenvalue weighted by molar-refractivity contribution is -0.137. The van der Waals surface area contributed by atoms with Gasteiger partial charge in [-0.1, -0.05) is 6.42 Å². The van der Waals surface area contributed by atoms with Gasteiger partial charge in [0.05, 0.1) is 5.56 Å². The molecule has 1 saturated carbocycles. The zero-order chi connectivity index (χ0) is 13.2. The molecule has 2 atom stereocenters. The summed E-state index contributed by atoms with van der Waals surface area (Å²) in [7, 11) is 0. The van der Waals surface area contributed by atoms with Gasteiger partial charge in [-0.05, 0) is 30.9 Å². The van der Waals surface area contributed by atoms with Gasteiger partial charge in [-0.3, -0.25) is 0 Å². The van der Waals surface area contributed by atoms with Gasteiger partial charge in [0.25, 0.3) is 0 Å². The van der Waals surface area contributed by atoms with Crippen molar-refractivity contribution in [3.8, 4) is 0 Å². The van der Waals surface area contributed by atoms with E-state index in [1.165, 1.54) is 6.07 Å². The van der Waals surface area contributed by atoms with Gasteiger partial charge in [-0.2, -0.15) is 13.2 Å². The van der Waals surface area contributed by atoms with Crippen molar-refractivity contribution in [1.82, 2.24) is 4.98 Å². The third-order valence-corrected chi connectivity index (χ3v) is 3.78. The van der Waals surface area contributed by atoms with Crippen LogP contribution in [0.3, 0.4) is 0 Å². The SMILES string of the molecule is FC(F)(F)c1ccc(NCC2CCCC2Cl)nc1. The smallest absolute Gasteiger partial charge is 0.370 e. The Bertz CT molecular complexity index is 391. The van der Waals surface area contributed by atoms with Gasteiger partial charge < -0.3 is 5.32 Å². The van der Waals surface area contributed by atoms with Crippen molar-refractivity contribution < 1.29 is 13.2 Å². The third-order valence-electron chi connectivity index (χ3n) is 3.20. The van der Waals surface area contributed by atoms with Crippen LogP contribution in [0.2, 0.25) is 0 Å². The first-order valence-corrected chi connectivity index (χ1v) is 6.31. The maximum atomic E-state index is 12.3. The number of alkyl halides is 4. The van der Waals surface area contributed by atoms with Crippen LogP contribution in [0.15, 0.2) is 18.3 Å². The summed E-state index contributed by atoms with van der Waals surface area (Å²) in [4.78, 5) is 3.76. The van der Waals surface area contributed by atoms with Crippen molar-refractivity contribution in [2.75, 3.05) is 11.9 Å². The molecular formula is C12H14ClF3N2.